The van der Waals surface area contributed by atoms with Crippen LogP contribution in [0.4, 0.5) is 0 Å². The number of carbonyl (C=O) groups excluding carboxylic acids is 2. The van der Waals surface area contributed by atoms with Gasteiger partial charge in [-0.1, -0.05) is 37.8 Å². The molecule has 1 aromatic carbocycles. The predicted octanol–water partition coefficient (Wildman–Crippen LogP) is 5.07. The molecule has 3 aromatic rings. The van der Waals surface area contributed by atoms with E-state index in [4.69, 9.17) is 14.7 Å². The van der Waals surface area contributed by atoms with Gasteiger partial charge in [0, 0.05) is 30.4 Å². The largest absolute Gasteiger partial charge is 0.464 e. The van der Waals surface area contributed by atoms with Gasteiger partial charge in [-0.2, -0.15) is 0 Å². The third kappa shape index (κ3) is 4.91. The van der Waals surface area contributed by atoms with Crippen molar-refractivity contribution in [3.63, 3.8) is 0 Å². The maximum absolute atomic E-state index is 13.0. The molecule has 8 heteroatoms. The number of aliphatic imine (C=N–C) groups is 1. The molecule has 3 heterocycles. The standard InChI is InChI=1S/C31H37N5O3/c1-2-39-30(38)25(34-26-20-27(37)31(26)15-5-3-6-16-31)19-21-11-13-22(14-12-21)36-28-24(10-8-18-33-28)35-29(36)23-9-4-7-17-32-23/h8,10-14,18,23,25,32H,2-7,9,15-17,19-20H2,1H3/t23-,25+/m1/s1. The van der Waals surface area contributed by atoms with Crippen LogP contribution in [0, 0.1) is 5.41 Å². The quantitative estimate of drug-likeness (QED) is 0.431. The van der Waals surface area contributed by atoms with Crippen LogP contribution < -0.4 is 5.32 Å². The molecule has 0 unspecified atom stereocenters. The summed E-state index contributed by atoms with van der Waals surface area (Å²) >= 11 is 0. The topological polar surface area (TPSA) is 98.5 Å². The summed E-state index contributed by atoms with van der Waals surface area (Å²) in [7, 11) is 0. The van der Waals surface area contributed by atoms with Gasteiger partial charge in [-0.05, 0) is 69.0 Å². The Balaban J connectivity index is 1.28. The zero-order valence-corrected chi connectivity index (χ0v) is 22.7. The van der Waals surface area contributed by atoms with E-state index in [9.17, 15) is 9.59 Å². The van der Waals surface area contributed by atoms with Gasteiger partial charge in [0.15, 0.2) is 11.7 Å². The number of benzene rings is 1. The Labute approximate surface area is 229 Å². The van der Waals surface area contributed by atoms with Crippen molar-refractivity contribution in [1.82, 2.24) is 19.9 Å². The molecular weight excluding hydrogens is 490 g/mol. The monoisotopic (exact) mass is 527 g/mol. The number of hydrogen-bond acceptors (Lipinski definition) is 7. The van der Waals surface area contributed by atoms with Gasteiger partial charge in [-0.3, -0.25) is 14.4 Å². The van der Waals surface area contributed by atoms with Gasteiger partial charge in [0.05, 0.1) is 18.1 Å². The fraction of sp³-hybridized carbons (Fsp3) is 0.516. The number of esters is 1. The summed E-state index contributed by atoms with van der Waals surface area (Å²) in [5.41, 5.74) is 4.20. The van der Waals surface area contributed by atoms with E-state index in [0.717, 1.165) is 79.0 Å². The van der Waals surface area contributed by atoms with Crippen molar-refractivity contribution < 1.29 is 14.3 Å². The third-order valence-corrected chi connectivity index (χ3v) is 8.68. The van der Waals surface area contributed by atoms with Crippen molar-refractivity contribution in [2.45, 2.75) is 83.2 Å². The van der Waals surface area contributed by atoms with Gasteiger partial charge in [-0.25, -0.2) is 14.8 Å². The van der Waals surface area contributed by atoms with Crippen LogP contribution in [0.1, 0.15) is 82.1 Å². The highest BCUT2D eigenvalue weighted by molar-refractivity contribution is 6.27. The molecule has 2 saturated carbocycles. The molecule has 204 valence electrons. The Morgan fingerprint density at radius 3 is 2.69 bits per heavy atom. The van der Waals surface area contributed by atoms with Gasteiger partial charge in [0.1, 0.15) is 17.1 Å². The Kier molecular flexibility index (Phi) is 7.30. The number of fused-ring (bicyclic) bond motifs is 1. The van der Waals surface area contributed by atoms with Crippen molar-refractivity contribution in [3.8, 4) is 5.69 Å². The smallest absolute Gasteiger partial charge is 0.331 e. The molecule has 0 amide bonds. The first-order chi connectivity index (χ1) is 19.1. The van der Waals surface area contributed by atoms with E-state index in [1.54, 1.807) is 6.20 Å². The number of rotatable bonds is 7. The van der Waals surface area contributed by atoms with Gasteiger partial charge < -0.3 is 10.1 Å². The predicted molar refractivity (Wildman–Crippen MR) is 150 cm³/mol. The first-order valence-electron chi connectivity index (χ1n) is 14.5. The van der Waals surface area contributed by atoms with Gasteiger partial charge >= 0.3 is 5.97 Å². The SMILES string of the molecule is CCOC(=O)[C@H](Cc1ccc(-n2c([C@H]3CCCCN3)nc3cccnc32)cc1)N=C1CC(=O)C12CCCCC2. The number of Topliss-reactive ketones (excluding diaryl/α,β-unsaturated/α-hetero) is 1. The molecule has 1 aliphatic heterocycles. The summed E-state index contributed by atoms with van der Waals surface area (Å²) in [5, 5.41) is 3.62. The average Bonchev–Trinajstić information content (AvgIpc) is 3.37. The number of ether oxygens (including phenoxy) is 1. The molecule has 6 rings (SSSR count). The first-order valence-corrected chi connectivity index (χ1v) is 14.5. The fourth-order valence-electron chi connectivity index (χ4n) is 6.54. The lowest BCUT2D eigenvalue weighted by atomic mass is 9.58. The molecule has 1 N–H and O–H groups in total. The summed E-state index contributed by atoms with van der Waals surface area (Å²) in [5.74, 6) is 0.951. The second kappa shape index (κ2) is 11.0. The van der Waals surface area contributed by atoms with E-state index >= 15 is 0 Å². The lowest BCUT2D eigenvalue weighted by Gasteiger charge is -2.44. The lowest BCUT2D eigenvalue weighted by molar-refractivity contribution is -0.144. The zero-order chi connectivity index (χ0) is 26.8. The second-order valence-corrected chi connectivity index (χ2v) is 11.1. The third-order valence-electron chi connectivity index (χ3n) is 8.68. The van der Waals surface area contributed by atoms with E-state index in [-0.39, 0.29) is 17.8 Å². The van der Waals surface area contributed by atoms with Crippen molar-refractivity contribution in [2.24, 2.45) is 10.4 Å². The number of nitrogens with one attached hydrogen (secondary N) is 1. The van der Waals surface area contributed by atoms with Crippen molar-refractivity contribution in [3.05, 3.63) is 54.0 Å². The van der Waals surface area contributed by atoms with E-state index in [1.165, 1.54) is 12.8 Å². The summed E-state index contributed by atoms with van der Waals surface area (Å²) < 4.78 is 7.55. The van der Waals surface area contributed by atoms with E-state index in [1.807, 2.05) is 19.1 Å². The van der Waals surface area contributed by atoms with E-state index in [2.05, 4.69) is 39.1 Å². The number of hydrogen-bond donors (Lipinski definition) is 1. The number of imidazole rings is 1. The molecule has 2 aliphatic carbocycles. The maximum atomic E-state index is 13.0. The Hall–Kier alpha value is -3.39. The van der Waals surface area contributed by atoms with Crippen LogP contribution in [0.25, 0.3) is 16.9 Å². The molecule has 8 nitrogen and oxygen atoms in total. The second-order valence-electron chi connectivity index (χ2n) is 11.1. The highest BCUT2D eigenvalue weighted by Gasteiger charge is 2.52. The van der Waals surface area contributed by atoms with Crippen LogP contribution in [0.2, 0.25) is 0 Å². The Bertz CT molecular complexity index is 1380. The fourth-order valence-corrected chi connectivity index (χ4v) is 6.54. The summed E-state index contributed by atoms with van der Waals surface area (Å²) in [6.07, 6.45) is 11.0. The minimum Gasteiger partial charge on any atom is -0.464 e. The van der Waals surface area contributed by atoms with Crippen molar-refractivity contribution in [2.75, 3.05) is 13.2 Å². The van der Waals surface area contributed by atoms with Gasteiger partial charge in [-0.15, -0.1) is 0 Å². The molecule has 0 bridgehead atoms. The molecule has 0 radical (unpaired) electrons. The molecule has 2 aromatic heterocycles. The Morgan fingerprint density at radius 1 is 1.15 bits per heavy atom. The summed E-state index contributed by atoms with van der Waals surface area (Å²) in [6.45, 7) is 3.11. The molecule has 39 heavy (non-hydrogen) atoms. The van der Waals surface area contributed by atoms with Crippen molar-refractivity contribution in [1.29, 1.82) is 0 Å². The first kappa shape index (κ1) is 25.9. The number of pyridine rings is 1. The van der Waals surface area contributed by atoms with Crippen LogP contribution in [-0.2, 0) is 20.7 Å². The minimum absolute atomic E-state index is 0.189. The van der Waals surface area contributed by atoms with E-state index in [0.29, 0.717) is 19.4 Å². The summed E-state index contributed by atoms with van der Waals surface area (Å²) in [6, 6.07) is 11.7. The number of nitrogens with zero attached hydrogens (tertiary/aromatic N) is 4. The van der Waals surface area contributed by atoms with E-state index < -0.39 is 11.5 Å². The molecule has 2 atom stereocenters. The van der Waals surface area contributed by atoms with Crippen LogP contribution in [-0.4, -0.2) is 51.2 Å². The number of ketones is 1. The maximum Gasteiger partial charge on any atom is 0.331 e. The number of piperidine rings is 1. The van der Waals surface area contributed by atoms with Crippen molar-refractivity contribution >= 4 is 28.6 Å². The van der Waals surface area contributed by atoms with Crippen LogP contribution in [0.15, 0.2) is 47.6 Å². The van der Waals surface area contributed by atoms with Gasteiger partial charge in [0.2, 0.25) is 0 Å². The minimum atomic E-state index is -0.643. The molecule has 1 saturated heterocycles. The normalized spacial score (nSPS) is 22.6. The average molecular weight is 528 g/mol. The number of aromatic nitrogens is 3. The van der Waals surface area contributed by atoms with Crippen LogP contribution in [0.5, 0.6) is 0 Å². The molecule has 3 aliphatic rings. The van der Waals surface area contributed by atoms with Gasteiger partial charge in [0.25, 0.3) is 0 Å². The zero-order valence-electron chi connectivity index (χ0n) is 22.7. The highest BCUT2D eigenvalue weighted by Crippen LogP contribution is 2.47. The molecule has 3 fully saturated rings. The molecular formula is C31H37N5O3. The number of carbonyl (C=O) groups is 2. The van der Waals surface area contributed by atoms with Crippen LogP contribution >= 0.6 is 0 Å². The Morgan fingerprint density at radius 2 is 1.97 bits per heavy atom. The highest BCUT2D eigenvalue weighted by atomic mass is 16.5. The lowest BCUT2D eigenvalue weighted by Crippen LogP contribution is -2.52. The molecule has 1 spiro atoms. The van der Waals surface area contributed by atoms with Crippen LogP contribution in [0.3, 0.4) is 0 Å². The summed E-state index contributed by atoms with van der Waals surface area (Å²) in [4.78, 5) is 40.1.